The standard InChI is InChI=1S/C13H15N3/c1-8-6-15-13(16-7-8)11-4-9(2)12(14)10(3)5-11/h4-7H,14H2,1-3H3. The lowest BCUT2D eigenvalue weighted by atomic mass is 10.0. The summed E-state index contributed by atoms with van der Waals surface area (Å²) in [6, 6.07) is 4.04. The molecule has 0 atom stereocenters. The number of nitrogens with zero attached hydrogens (tertiary/aromatic N) is 2. The van der Waals surface area contributed by atoms with Crippen LogP contribution in [0.1, 0.15) is 16.7 Å². The Morgan fingerprint density at radius 3 is 1.94 bits per heavy atom. The number of nitrogen functional groups attached to an aromatic ring is 1. The lowest BCUT2D eigenvalue weighted by Crippen LogP contribution is -1.96. The first-order valence-corrected chi connectivity index (χ1v) is 5.23. The molecule has 2 N–H and O–H groups in total. The Morgan fingerprint density at radius 1 is 0.938 bits per heavy atom. The van der Waals surface area contributed by atoms with E-state index in [0.717, 1.165) is 33.8 Å². The second-order valence-electron chi connectivity index (χ2n) is 4.11. The number of hydrogen-bond acceptors (Lipinski definition) is 3. The largest absolute Gasteiger partial charge is 0.398 e. The van der Waals surface area contributed by atoms with E-state index in [1.807, 2.05) is 45.3 Å². The van der Waals surface area contributed by atoms with Crippen molar-refractivity contribution >= 4 is 5.69 Å². The minimum Gasteiger partial charge on any atom is -0.398 e. The van der Waals surface area contributed by atoms with E-state index in [-0.39, 0.29) is 0 Å². The second kappa shape index (κ2) is 3.93. The molecule has 1 aromatic heterocycles. The molecule has 82 valence electrons. The van der Waals surface area contributed by atoms with Crippen LogP contribution in [-0.2, 0) is 0 Å². The fourth-order valence-corrected chi connectivity index (χ4v) is 1.65. The highest BCUT2D eigenvalue weighted by Crippen LogP contribution is 2.24. The van der Waals surface area contributed by atoms with Crippen molar-refractivity contribution in [3.05, 3.63) is 41.2 Å². The number of anilines is 1. The number of aryl methyl sites for hydroxylation is 3. The van der Waals surface area contributed by atoms with Gasteiger partial charge >= 0.3 is 0 Å². The average Bonchev–Trinajstić information content (AvgIpc) is 2.26. The van der Waals surface area contributed by atoms with Crippen LogP contribution >= 0.6 is 0 Å². The molecule has 0 fully saturated rings. The predicted molar refractivity (Wildman–Crippen MR) is 66.1 cm³/mol. The highest BCUT2D eigenvalue weighted by molar-refractivity contribution is 5.65. The van der Waals surface area contributed by atoms with E-state index >= 15 is 0 Å². The zero-order valence-corrected chi connectivity index (χ0v) is 9.78. The Hall–Kier alpha value is -1.90. The first kappa shape index (κ1) is 10.6. The quantitative estimate of drug-likeness (QED) is 0.741. The Kier molecular flexibility index (Phi) is 2.60. The molecule has 0 saturated heterocycles. The molecule has 1 aromatic carbocycles. The molecular weight excluding hydrogens is 198 g/mol. The summed E-state index contributed by atoms with van der Waals surface area (Å²) in [4.78, 5) is 8.62. The maximum atomic E-state index is 5.91. The van der Waals surface area contributed by atoms with Crippen LogP contribution in [0.15, 0.2) is 24.5 Å². The van der Waals surface area contributed by atoms with Crippen LogP contribution in [0.4, 0.5) is 5.69 Å². The van der Waals surface area contributed by atoms with Crippen LogP contribution in [-0.4, -0.2) is 9.97 Å². The lowest BCUT2D eigenvalue weighted by molar-refractivity contribution is 1.13. The van der Waals surface area contributed by atoms with E-state index in [1.165, 1.54) is 0 Å². The molecule has 3 heteroatoms. The molecule has 2 rings (SSSR count). The van der Waals surface area contributed by atoms with Gasteiger partial charge in [-0.1, -0.05) is 0 Å². The molecule has 0 radical (unpaired) electrons. The Labute approximate surface area is 95.4 Å². The van der Waals surface area contributed by atoms with Crippen molar-refractivity contribution in [3.63, 3.8) is 0 Å². The summed E-state index contributed by atoms with van der Waals surface area (Å²) in [5, 5.41) is 0. The van der Waals surface area contributed by atoms with Gasteiger partial charge in [0.15, 0.2) is 5.82 Å². The Balaban J connectivity index is 2.52. The van der Waals surface area contributed by atoms with Crippen molar-refractivity contribution in [1.29, 1.82) is 0 Å². The van der Waals surface area contributed by atoms with E-state index in [2.05, 4.69) is 9.97 Å². The van der Waals surface area contributed by atoms with Gasteiger partial charge in [0, 0.05) is 23.6 Å². The molecule has 0 unspecified atom stereocenters. The van der Waals surface area contributed by atoms with Crippen molar-refractivity contribution in [1.82, 2.24) is 9.97 Å². The zero-order chi connectivity index (χ0) is 11.7. The van der Waals surface area contributed by atoms with E-state index in [0.29, 0.717) is 0 Å². The third-order valence-electron chi connectivity index (χ3n) is 2.63. The van der Waals surface area contributed by atoms with Crippen molar-refractivity contribution in [3.8, 4) is 11.4 Å². The predicted octanol–water partition coefficient (Wildman–Crippen LogP) is 2.65. The van der Waals surface area contributed by atoms with Crippen molar-refractivity contribution in [2.24, 2.45) is 0 Å². The summed E-state index contributed by atoms with van der Waals surface area (Å²) in [5.41, 5.74) is 11.0. The molecular formula is C13H15N3. The molecule has 0 bridgehead atoms. The van der Waals surface area contributed by atoms with Crippen LogP contribution in [0, 0.1) is 20.8 Å². The summed E-state index contributed by atoms with van der Waals surface area (Å²) in [6.45, 7) is 5.98. The number of benzene rings is 1. The lowest BCUT2D eigenvalue weighted by Gasteiger charge is -2.07. The third-order valence-corrected chi connectivity index (χ3v) is 2.63. The highest BCUT2D eigenvalue weighted by atomic mass is 14.9. The monoisotopic (exact) mass is 213 g/mol. The van der Waals surface area contributed by atoms with Gasteiger partial charge in [0.25, 0.3) is 0 Å². The van der Waals surface area contributed by atoms with Gasteiger partial charge in [0.1, 0.15) is 0 Å². The summed E-state index contributed by atoms with van der Waals surface area (Å²) in [7, 11) is 0. The van der Waals surface area contributed by atoms with E-state index in [4.69, 9.17) is 5.73 Å². The van der Waals surface area contributed by atoms with Crippen LogP contribution in [0.2, 0.25) is 0 Å². The third kappa shape index (κ3) is 1.89. The van der Waals surface area contributed by atoms with Crippen molar-refractivity contribution in [2.75, 3.05) is 5.73 Å². The molecule has 0 spiro atoms. The van der Waals surface area contributed by atoms with Gasteiger partial charge in [-0.15, -0.1) is 0 Å². The van der Waals surface area contributed by atoms with Crippen molar-refractivity contribution < 1.29 is 0 Å². The zero-order valence-electron chi connectivity index (χ0n) is 9.78. The molecule has 0 aliphatic heterocycles. The molecule has 2 aromatic rings. The summed E-state index contributed by atoms with van der Waals surface area (Å²) in [6.07, 6.45) is 3.65. The van der Waals surface area contributed by atoms with E-state index in [1.54, 1.807) is 0 Å². The van der Waals surface area contributed by atoms with Gasteiger partial charge in [-0.2, -0.15) is 0 Å². The first-order chi connectivity index (χ1) is 7.58. The van der Waals surface area contributed by atoms with Gasteiger partial charge in [-0.05, 0) is 49.6 Å². The normalized spacial score (nSPS) is 10.4. The maximum absolute atomic E-state index is 5.91. The van der Waals surface area contributed by atoms with E-state index in [9.17, 15) is 0 Å². The number of aromatic nitrogens is 2. The Bertz CT molecular complexity index is 492. The van der Waals surface area contributed by atoms with Crippen LogP contribution in [0.5, 0.6) is 0 Å². The molecule has 3 nitrogen and oxygen atoms in total. The second-order valence-corrected chi connectivity index (χ2v) is 4.11. The molecule has 16 heavy (non-hydrogen) atoms. The molecule has 1 heterocycles. The first-order valence-electron chi connectivity index (χ1n) is 5.23. The summed E-state index contributed by atoms with van der Waals surface area (Å²) in [5.74, 6) is 0.747. The van der Waals surface area contributed by atoms with Gasteiger partial charge in [0.05, 0.1) is 0 Å². The SMILES string of the molecule is Cc1cnc(-c2cc(C)c(N)c(C)c2)nc1. The minimum atomic E-state index is 0.747. The molecule has 0 saturated carbocycles. The fraction of sp³-hybridized carbons (Fsp3) is 0.231. The van der Waals surface area contributed by atoms with Crippen LogP contribution in [0.25, 0.3) is 11.4 Å². The summed E-state index contributed by atoms with van der Waals surface area (Å²) < 4.78 is 0. The smallest absolute Gasteiger partial charge is 0.159 e. The maximum Gasteiger partial charge on any atom is 0.159 e. The van der Waals surface area contributed by atoms with Gasteiger partial charge in [-0.25, -0.2) is 9.97 Å². The van der Waals surface area contributed by atoms with Gasteiger partial charge in [-0.3, -0.25) is 0 Å². The highest BCUT2D eigenvalue weighted by Gasteiger charge is 2.05. The number of rotatable bonds is 1. The number of nitrogens with two attached hydrogens (primary N) is 1. The van der Waals surface area contributed by atoms with Crippen LogP contribution in [0.3, 0.4) is 0 Å². The van der Waals surface area contributed by atoms with Gasteiger partial charge in [0.2, 0.25) is 0 Å². The topological polar surface area (TPSA) is 51.8 Å². The van der Waals surface area contributed by atoms with E-state index < -0.39 is 0 Å². The fourth-order valence-electron chi connectivity index (χ4n) is 1.65. The van der Waals surface area contributed by atoms with Gasteiger partial charge < -0.3 is 5.73 Å². The summed E-state index contributed by atoms with van der Waals surface area (Å²) >= 11 is 0. The molecule has 0 aliphatic carbocycles. The van der Waals surface area contributed by atoms with Crippen molar-refractivity contribution in [2.45, 2.75) is 20.8 Å². The minimum absolute atomic E-state index is 0.747. The average molecular weight is 213 g/mol. The number of hydrogen-bond donors (Lipinski definition) is 1. The van der Waals surface area contributed by atoms with Crippen LogP contribution < -0.4 is 5.73 Å². The Morgan fingerprint density at radius 2 is 1.44 bits per heavy atom. The molecule has 0 amide bonds. The molecule has 0 aliphatic rings.